The molecular weight excluding hydrogens is 182 g/mol. The lowest BCUT2D eigenvalue weighted by Gasteiger charge is -2.19. The molecule has 0 aromatic rings. The van der Waals surface area contributed by atoms with Gasteiger partial charge in [-0.05, 0) is 0 Å². The first-order chi connectivity index (χ1) is 6.74. The molecule has 14 heavy (non-hydrogen) atoms. The molecular formula is C9H19N3O2. The van der Waals surface area contributed by atoms with E-state index in [0.29, 0.717) is 13.2 Å². The highest BCUT2D eigenvalue weighted by Crippen LogP contribution is 1.81. The van der Waals surface area contributed by atoms with Crippen molar-refractivity contribution in [1.29, 1.82) is 0 Å². The van der Waals surface area contributed by atoms with Gasteiger partial charge in [0.05, 0.1) is 6.61 Å². The maximum atomic E-state index is 11.3. The molecule has 0 aromatic heterocycles. The van der Waals surface area contributed by atoms with Gasteiger partial charge in [0.2, 0.25) is 5.91 Å². The predicted molar refractivity (Wildman–Crippen MR) is 55.5 cm³/mol. The highest BCUT2D eigenvalue weighted by Gasteiger charge is 2.04. The number of hydrogen-bond donors (Lipinski definition) is 2. The van der Waals surface area contributed by atoms with Gasteiger partial charge in [-0.1, -0.05) is 13.5 Å². The van der Waals surface area contributed by atoms with E-state index in [9.17, 15) is 4.79 Å². The molecule has 0 saturated heterocycles. The first-order valence-electron chi connectivity index (χ1n) is 4.63. The van der Waals surface area contributed by atoms with Crippen molar-refractivity contribution in [2.75, 3.05) is 33.4 Å². The Morgan fingerprint density at radius 2 is 2.36 bits per heavy atom. The summed E-state index contributed by atoms with van der Waals surface area (Å²) in [6.07, 6.45) is 1.58. The third-order valence-electron chi connectivity index (χ3n) is 1.52. The second-order valence-corrected chi connectivity index (χ2v) is 2.66. The van der Waals surface area contributed by atoms with Crippen molar-refractivity contribution in [3.63, 3.8) is 0 Å². The minimum Gasteiger partial charge on any atom is -0.383 e. The van der Waals surface area contributed by atoms with Gasteiger partial charge >= 0.3 is 0 Å². The Balaban J connectivity index is 3.62. The molecule has 0 rings (SSSR count). The van der Waals surface area contributed by atoms with E-state index >= 15 is 0 Å². The number of carbonyl (C=O) groups excluding carboxylic acids is 1. The van der Waals surface area contributed by atoms with Crippen LogP contribution in [-0.4, -0.2) is 44.3 Å². The van der Waals surface area contributed by atoms with Gasteiger partial charge in [-0.15, -0.1) is 0 Å². The molecule has 0 bridgehead atoms. The standard InChI is InChI=1S/C9H19N3O2/c1-4-11-12(5-2)8-9(13)10-6-7-14-3/h5,11H,2,4,6-8H2,1,3H3,(H,10,13). The maximum Gasteiger partial charge on any atom is 0.241 e. The molecule has 0 atom stereocenters. The predicted octanol–water partition coefficient (Wildman–Crippen LogP) is -0.281. The summed E-state index contributed by atoms with van der Waals surface area (Å²) < 4.78 is 4.81. The van der Waals surface area contributed by atoms with Crippen LogP contribution in [0.4, 0.5) is 0 Å². The molecule has 0 aliphatic rings. The van der Waals surface area contributed by atoms with Crippen molar-refractivity contribution in [2.24, 2.45) is 0 Å². The fourth-order valence-electron chi connectivity index (χ4n) is 0.891. The van der Waals surface area contributed by atoms with E-state index in [1.807, 2.05) is 6.92 Å². The number of carbonyl (C=O) groups is 1. The SMILES string of the molecule is C=CN(CC(=O)NCCOC)NCC. The van der Waals surface area contributed by atoms with E-state index in [1.165, 1.54) is 0 Å². The third kappa shape index (κ3) is 6.45. The Kier molecular flexibility index (Phi) is 7.87. The zero-order valence-electron chi connectivity index (χ0n) is 8.88. The number of methoxy groups -OCH3 is 1. The molecule has 1 amide bonds. The molecule has 0 fully saturated rings. The molecule has 0 aliphatic heterocycles. The van der Waals surface area contributed by atoms with Crippen molar-refractivity contribution in [3.05, 3.63) is 12.8 Å². The van der Waals surface area contributed by atoms with Crippen LogP contribution < -0.4 is 10.7 Å². The molecule has 0 spiro atoms. The van der Waals surface area contributed by atoms with Crippen LogP contribution in [0.2, 0.25) is 0 Å². The topological polar surface area (TPSA) is 53.6 Å². The van der Waals surface area contributed by atoms with Gasteiger partial charge in [0.15, 0.2) is 0 Å². The number of ether oxygens (including phenoxy) is 1. The number of nitrogens with zero attached hydrogens (tertiary/aromatic N) is 1. The van der Waals surface area contributed by atoms with E-state index in [0.717, 1.165) is 6.54 Å². The maximum absolute atomic E-state index is 11.3. The van der Waals surface area contributed by atoms with Gasteiger partial charge in [-0.3, -0.25) is 4.79 Å². The van der Waals surface area contributed by atoms with E-state index in [4.69, 9.17) is 4.74 Å². The van der Waals surface area contributed by atoms with Gasteiger partial charge in [0.1, 0.15) is 6.54 Å². The molecule has 0 radical (unpaired) electrons. The third-order valence-corrected chi connectivity index (χ3v) is 1.52. The van der Waals surface area contributed by atoms with E-state index in [2.05, 4.69) is 17.3 Å². The molecule has 2 N–H and O–H groups in total. The summed E-state index contributed by atoms with van der Waals surface area (Å²) in [5, 5.41) is 4.35. The summed E-state index contributed by atoms with van der Waals surface area (Å²) in [7, 11) is 1.60. The average molecular weight is 201 g/mol. The molecule has 0 saturated carbocycles. The first kappa shape index (κ1) is 12.9. The lowest BCUT2D eigenvalue weighted by molar-refractivity contribution is -0.122. The Hall–Kier alpha value is -1.07. The summed E-state index contributed by atoms with van der Waals surface area (Å²) in [5.41, 5.74) is 2.98. The van der Waals surface area contributed by atoms with Gasteiger partial charge in [-0.2, -0.15) is 0 Å². The number of amides is 1. The quantitative estimate of drug-likeness (QED) is 0.419. The van der Waals surface area contributed by atoms with Crippen molar-refractivity contribution in [3.8, 4) is 0 Å². The summed E-state index contributed by atoms with van der Waals surface area (Å²) >= 11 is 0. The molecule has 5 nitrogen and oxygen atoms in total. The Bertz CT molecular complexity index is 173. The van der Waals surface area contributed by atoms with E-state index in [1.54, 1.807) is 18.3 Å². The highest BCUT2D eigenvalue weighted by molar-refractivity contribution is 5.78. The van der Waals surface area contributed by atoms with Gasteiger partial charge in [-0.25, -0.2) is 5.43 Å². The van der Waals surface area contributed by atoms with Crippen LogP contribution in [0.1, 0.15) is 6.92 Å². The second-order valence-electron chi connectivity index (χ2n) is 2.66. The van der Waals surface area contributed by atoms with E-state index in [-0.39, 0.29) is 12.5 Å². The smallest absolute Gasteiger partial charge is 0.241 e. The number of hydrazine groups is 1. The van der Waals surface area contributed by atoms with Crippen LogP contribution >= 0.6 is 0 Å². The zero-order valence-corrected chi connectivity index (χ0v) is 8.88. The summed E-state index contributed by atoms with van der Waals surface area (Å²) in [6, 6.07) is 0. The van der Waals surface area contributed by atoms with Crippen LogP contribution in [0.15, 0.2) is 12.8 Å². The lowest BCUT2D eigenvalue weighted by atomic mass is 10.5. The van der Waals surface area contributed by atoms with Crippen molar-refractivity contribution >= 4 is 5.91 Å². The fraction of sp³-hybridized carbons (Fsp3) is 0.667. The fourth-order valence-corrected chi connectivity index (χ4v) is 0.891. The Labute approximate surface area is 85.1 Å². The first-order valence-corrected chi connectivity index (χ1v) is 4.63. The van der Waals surface area contributed by atoms with Crippen molar-refractivity contribution in [1.82, 2.24) is 15.8 Å². The van der Waals surface area contributed by atoms with Crippen molar-refractivity contribution in [2.45, 2.75) is 6.92 Å². The Morgan fingerprint density at radius 1 is 1.64 bits per heavy atom. The molecule has 82 valence electrons. The van der Waals surface area contributed by atoms with Crippen molar-refractivity contribution < 1.29 is 9.53 Å². The molecule has 5 heteroatoms. The minimum absolute atomic E-state index is 0.0529. The monoisotopic (exact) mass is 201 g/mol. The molecule has 0 heterocycles. The van der Waals surface area contributed by atoms with Gasteiger partial charge in [0, 0.05) is 26.4 Å². The second kappa shape index (κ2) is 8.52. The van der Waals surface area contributed by atoms with Crippen LogP contribution in [0.25, 0.3) is 0 Å². The van der Waals surface area contributed by atoms with Gasteiger partial charge < -0.3 is 15.1 Å². The summed E-state index contributed by atoms with van der Waals surface area (Å²) in [4.78, 5) is 11.3. The van der Waals surface area contributed by atoms with Crippen LogP contribution in [0.3, 0.4) is 0 Å². The number of hydrogen-bond acceptors (Lipinski definition) is 4. The number of nitrogens with one attached hydrogen (secondary N) is 2. The average Bonchev–Trinajstić information content (AvgIpc) is 2.17. The van der Waals surface area contributed by atoms with Gasteiger partial charge in [0.25, 0.3) is 0 Å². The van der Waals surface area contributed by atoms with E-state index < -0.39 is 0 Å². The summed E-state index contributed by atoms with van der Waals surface area (Å²) in [6.45, 7) is 7.63. The molecule has 0 unspecified atom stereocenters. The highest BCUT2D eigenvalue weighted by atomic mass is 16.5. The molecule has 0 aromatic carbocycles. The van der Waals surface area contributed by atoms with Crippen LogP contribution in [0, 0.1) is 0 Å². The van der Waals surface area contributed by atoms with Crippen LogP contribution in [-0.2, 0) is 9.53 Å². The molecule has 0 aliphatic carbocycles. The van der Waals surface area contributed by atoms with Crippen LogP contribution in [0.5, 0.6) is 0 Å². The largest absolute Gasteiger partial charge is 0.383 e. The Morgan fingerprint density at radius 3 is 2.86 bits per heavy atom. The summed E-state index contributed by atoms with van der Waals surface area (Å²) in [5.74, 6) is -0.0529. The normalized spacial score (nSPS) is 9.57. The minimum atomic E-state index is -0.0529. The lowest BCUT2D eigenvalue weighted by Crippen LogP contribution is -2.42. The zero-order chi connectivity index (χ0) is 10.8. The number of rotatable bonds is 8.